The van der Waals surface area contributed by atoms with Crippen molar-refractivity contribution in [2.24, 2.45) is 0 Å². The molecule has 0 saturated carbocycles. The lowest BCUT2D eigenvalue weighted by molar-refractivity contribution is -0.141. The number of alkyl halides is 3. The van der Waals surface area contributed by atoms with Crippen LogP contribution in [0.15, 0.2) is 48.5 Å². The van der Waals surface area contributed by atoms with Crippen LogP contribution in [0.25, 0.3) is 0 Å². The molecule has 0 aliphatic carbocycles. The van der Waals surface area contributed by atoms with Gasteiger partial charge in [0.25, 0.3) is 0 Å². The first kappa shape index (κ1) is 24.8. The molecule has 0 unspecified atom stereocenters. The zero-order valence-electron chi connectivity index (χ0n) is 18.8. The Balaban J connectivity index is 1.69. The number of hydrogen-bond acceptors (Lipinski definition) is 4. The van der Waals surface area contributed by atoms with E-state index >= 15 is 0 Å². The standard InChI is InChI=1S/C25H23ClF3N3O3/c1-15(16-7-9-17(10-8-16)24(34)35)13-20(33)21-22(25(27,28)29)30-32-12-4-11-31(23(21)32)14-18-5-2-3-6-19(18)26/h2-3,5-10,15H,4,11-14H2,1H3,(H,34,35)/t15-/m1/s1. The second kappa shape index (κ2) is 9.73. The molecule has 0 saturated heterocycles. The maximum atomic E-state index is 14.0. The first-order valence-corrected chi connectivity index (χ1v) is 11.5. The Morgan fingerprint density at radius 2 is 1.80 bits per heavy atom. The number of aryl methyl sites for hydroxylation is 1. The van der Waals surface area contributed by atoms with Crippen molar-refractivity contribution in [3.05, 3.63) is 81.5 Å². The molecule has 1 aromatic heterocycles. The molecule has 1 N–H and O–H groups in total. The summed E-state index contributed by atoms with van der Waals surface area (Å²) in [6, 6.07) is 13.0. The fourth-order valence-corrected chi connectivity index (χ4v) is 4.54. The van der Waals surface area contributed by atoms with Gasteiger partial charge in [-0.2, -0.15) is 18.3 Å². The summed E-state index contributed by atoms with van der Waals surface area (Å²) in [5.41, 5.74) is -0.128. The highest BCUT2D eigenvalue weighted by Crippen LogP contribution is 2.40. The van der Waals surface area contributed by atoms with E-state index in [0.29, 0.717) is 23.6 Å². The monoisotopic (exact) mass is 505 g/mol. The minimum Gasteiger partial charge on any atom is -0.478 e. The predicted octanol–water partition coefficient (Wildman–Crippen LogP) is 6.04. The molecule has 2 heterocycles. The summed E-state index contributed by atoms with van der Waals surface area (Å²) in [6.45, 7) is 2.70. The van der Waals surface area contributed by atoms with Crippen molar-refractivity contribution in [3.63, 3.8) is 0 Å². The molecule has 0 bridgehead atoms. The first-order chi connectivity index (χ1) is 16.6. The lowest BCUT2D eigenvalue weighted by Crippen LogP contribution is -2.33. The second-order valence-corrected chi connectivity index (χ2v) is 9.00. The average molecular weight is 506 g/mol. The van der Waals surface area contributed by atoms with Crippen LogP contribution in [0.4, 0.5) is 19.0 Å². The van der Waals surface area contributed by atoms with Gasteiger partial charge in [-0.05, 0) is 41.7 Å². The van der Waals surface area contributed by atoms with E-state index in [1.54, 1.807) is 48.2 Å². The zero-order chi connectivity index (χ0) is 25.3. The normalized spacial score (nSPS) is 14.5. The smallest absolute Gasteiger partial charge is 0.435 e. The van der Waals surface area contributed by atoms with E-state index < -0.39 is 35.1 Å². The van der Waals surface area contributed by atoms with Crippen LogP contribution < -0.4 is 4.90 Å². The number of Topliss-reactive ketones (excluding diaryl/α,β-unsaturated/α-hetero) is 1. The van der Waals surface area contributed by atoms with E-state index in [1.807, 2.05) is 0 Å². The van der Waals surface area contributed by atoms with Crippen molar-refractivity contribution in [1.29, 1.82) is 0 Å². The number of rotatable bonds is 7. The lowest BCUT2D eigenvalue weighted by Gasteiger charge is -2.31. The van der Waals surface area contributed by atoms with Gasteiger partial charge in [0.2, 0.25) is 0 Å². The van der Waals surface area contributed by atoms with Crippen LogP contribution in [0.5, 0.6) is 0 Å². The fraction of sp³-hybridized carbons (Fsp3) is 0.320. The third kappa shape index (κ3) is 5.19. The quantitative estimate of drug-likeness (QED) is 0.396. The number of anilines is 1. The molecule has 0 amide bonds. The van der Waals surface area contributed by atoms with Gasteiger partial charge in [-0.15, -0.1) is 0 Å². The molecule has 3 aromatic rings. The van der Waals surface area contributed by atoms with Crippen molar-refractivity contribution in [1.82, 2.24) is 9.78 Å². The van der Waals surface area contributed by atoms with E-state index in [4.69, 9.17) is 16.7 Å². The molecule has 1 aliphatic rings. The van der Waals surface area contributed by atoms with Gasteiger partial charge in [-0.25, -0.2) is 9.48 Å². The Morgan fingerprint density at radius 1 is 1.11 bits per heavy atom. The third-order valence-electron chi connectivity index (χ3n) is 6.11. The van der Waals surface area contributed by atoms with Crippen LogP contribution in [0.1, 0.15) is 63.2 Å². The number of ketones is 1. The topological polar surface area (TPSA) is 75.4 Å². The molecule has 4 rings (SSSR count). The third-order valence-corrected chi connectivity index (χ3v) is 6.48. The largest absolute Gasteiger partial charge is 0.478 e. The van der Waals surface area contributed by atoms with Crippen molar-refractivity contribution in [2.45, 2.75) is 44.9 Å². The number of aromatic nitrogens is 2. The molecule has 1 aliphatic heterocycles. The number of nitrogens with zero attached hydrogens (tertiary/aromatic N) is 3. The summed E-state index contributed by atoms with van der Waals surface area (Å²) >= 11 is 6.29. The molecule has 35 heavy (non-hydrogen) atoms. The maximum absolute atomic E-state index is 14.0. The Hall–Kier alpha value is -3.33. The van der Waals surface area contributed by atoms with E-state index in [9.17, 15) is 22.8 Å². The van der Waals surface area contributed by atoms with Gasteiger partial charge in [0.15, 0.2) is 11.5 Å². The van der Waals surface area contributed by atoms with E-state index in [-0.39, 0.29) is 30.9 Å². The van der Waals surface area contributed by atoms with Crippen LogP contribution in [-0.4, -0.2) is 33.2 Å². The summed E-state index contributed by atoms with van der Waals surface area (Å²) < 4.78 is 43.2. The molecule has 6 nitrogen and oxygen atoms in total. The average Bonchev–Trinajstić information content (AvgIpc) is 3.22. The molecule has 10 heteroatoms. The van der Waals surface area contributed by atoms with Crippen molar-refractivity contribution in [3.8, 4) is 0 Å². The number of hydrogen-bond donors (Lipinski definition) is 1. The highest BCUT2D eigenvalue weighted by Gasteiger charge is 2.43. The summed E-state index contributed by atoms with van der Waals surface area (Å²) in [5, 5.41) is 13.4. The summed E-state index contributed by atoms with van der Waals surface area (Å²) in [4.78, 5) is 26.2. The molecule has 0 radical (unpaired) electrons. The van der Waals surface area contributed by atoms with Crippen molar-refractivity contribution in [2.75, 3.05) is 11.4 Å². The number of fused-ring (bicyclic) bond motifs is 1. The maximum Gasteiger partial charge on any atom is 0.435 e. The molecule has 0 fully saturated rings. The molecule has 2 aromatic carbocycles. The molecular weight excluding hydrogens is 483 g/mol. The Labute approximate surface area is 204 Å². The van der Waals surface area contributed by atoms with Gasteiger partial charge in [0.1, 0.15) is 5.82 Å². The Kier molecular flexibility index (Phi) is 6.89. The molecule has 0 spiro atoms. The highest BCUT2D eigenvalue weighted by molar-refractivity contribution is 6.31. The number of aromatic carboxylic acids is 1. The van der Waals surface area contributed by atoms with Crippen LogP contribution in [0, 0.1) is 0 Å². The number of carboxylic acid groups (broad SMARTS) is 1. The lowest BCUT2D eigenvalue weighted by atomic mass is 9.92. The minimum atomic E-state index is -4.79. The van der Waals surface area contributed by atoms with Crippen LogP contribution in [-0.2, 0) is 19.3 Å². The highest BCUT2D eigenvalue weighted by atomic mass is 35.5. The van der Waals surface area contributed by atoms with Gasteiger partial charge in [0.05, 0.1) is 11.1 Å². The van der Waals surface area contributed by atoms with E-state index in [1.165, 1.54) is 16.8 Å². The van der Waals surface area contributed by atoms with Crippen LogP contribution >= 0.6 is 11.6 Å². The Morgan fingerprint density at radius 3 is 2.43 bits per heavy atom. The van der Waals surface area contributed by atoms with E-state index in [2.05, 4.69) is 5.10 Å². The van der Waals surface area contributed by atoms with Gasteiger partial charge in [-0.1, -0.05) is 48.9 Å². The van der Waals surface area contributed by atoms with Gasteiger partial charge in [0, 0.05) is 31.1 Å². The number of halogens is 4. The summed E-state index contributed by atoms with van der Waals surface area (Å²) in [5.74, 6) is -2.02. The van der Waals surface area contributed by atoms with E-state index in [0.717, 1.165) is 5.56 Å². The summed E-state index contributed by atoms with van der Waals surface area (Å²) in [7, 11) is 0. The van der Waals surface area contributed by atoms with Gasteiger partial charge >= 0.3 is 12.1 Å². The summed E-state index contributed by atoms with van der Waals surface area (Å²) in [6.07, 6.45) is -4.40. The van der Waals surface area contributed by atoms with Gasteiger partial charge in [-0.3, -0.25) is 4.79 Å². The van der Waals surface area contributed by atoms with Crippen LogP contribution in [0.3, 0.4) is 0 Å². The predicted molar refractivity (Wildman–Crippen MR) is 125 cm³/mol. The number of benzene rings is 2. The van der Waals surface area contributed by atoms with Gasteiger partial charge < -0.3 is 10.0 Å². The fourth-order valence-electron chi connectivity index (χ4n) is 4.34. The minimum absolute atomic E-state index is 0.0903. The molecule has 1 atom stereocenters. The molecular formula is C25H23ClF3N3O3. The number of carboxylic acids is 1. The Bertz CT molecular complexity index is 1260. The number of carbonyl (C=O) groups excluding carboxylic acids is 1. The zero-order valence-corrected chi connectivity index (χ0v) is 19.6. The second-order valence-electron chi connectivity index (χ2n) is 8.59. The van der Waals surface area contributed by atoms with Crippen molar-refractivity contribution < 1.29 is 27.9 Å². The SMILES string of the molecule is C[C@H](CC(=O)c1c(C(F)(F)F)nn2c1N(Cc1ccccc1Cl)CCC2)c1ccc(C(=O)O)cc1. The van der Waals surface area contributed by atoms with Crippen molar-refractivity contribution >= 4 is 29.2 Å². The molecule has 184 valence electrons. The first-order valence-electron chi connectivity index (χ1n) is 11.1. The van der Waals surface area contributed by atoms with Crippen LogP contribution in [0.2, 0.25) is 5.02 Å². The number of carbonyl (C=O) groups is 2.